The predicted octanol–water partition coefficient (Wildman–Crippen LogP) is 3.76. The third-order valence-corrected chi connectivity index (χ3v) is 4.22. The SMILES string of the molecule is O=C1C[C@H](c2ccc(F)cc2F)c2ncn(-c3ccccc3F)c2N1. The fourth-order valence-corrected chi connectivity index (χ4v) is 3.08. The zero-order chi connectivity index (χ0) is 17.6. The van der Waals surface area contributed by atoms with E-state index in [9.17, 15) is 18.0 Å². The van der Waals surface area contributed by atoms with E-state index < -0.39 is 23.4 Å². The number of rotatable bonds is 2. The van der Waals surface area contributed by atoms with E-state index in [1.54, 1.807) is 18.2 Å². The van der Waals surface area contributed by atoms with Crippen molar-refractivity contribution >= 4 is 11.7 Å². The van der Waals surface area contributed by atoms with Gasteiger partial charge in [-0.05, 0) is 23.8 Å². The molecule has 1 aromatic heterocycles. The Labute approximate surface area is 140 Å². The molecule has 1 aliphatic heterocycles. The zero-order valence-corrected chi connectivity index (χ0v) is 12.8. The molecule has 126 valence electrons. The minimum absolute atomic E-state index is 0.0240. The van der Waals surface area contributed by atoms with Gasteiger partial charge in [0.2, 0.25) is 5.91 Å². The summed E-state index contributed by atoms with van der Waals surface area (Å²) in [4.78, 5) is 16.4. The first-order chi connectivity index (χ1) is 12.0. The first kappa shape index (κ1) is 15.4. The minimum atomic E-state index is -0.744. The van der Waals surface area contributed by atoms with E-state index in [0.717, 1.165) is 12.1 Å². The maximum absolute atomic E-state index is 14.2. The number of nitrogens with one attached hydrogen (secondary N) is 1. The number of halogens is 3. The lowest BCUT2D eigenvalue weighted by molar-refractivity contribution is -0.116. The van der Waals surface area contributed by atoms with Crippen LogP contribution < -0.4 is 5.32 Å². The third kappa shape index (κ3) is 2.57. The molecule has 3 aromatic rings. The molecule has 4 rings (SSSR count). The van der Waals surface area contributed by atoms with Crippen LogP contribution in [0, 0.1) is 17.5 Å². The molecule has 0 saturated heterocycles. The largest absolute Gasteiger partial charge is 0.310 e. The Bertz CT molecular complexity index is 983. The Morgan fingerprint density at radius 2 is 1.88 bits per heavy atom. The number of carbonyl (C=O) groups excluding carboxylic acids is 1. The van der Waals surface area contributed by atoms with E-state index in [1.165, 1.54) is 23.0 Å². The van der Waals surface area contributed by atoms with Crippen LogP contribution in [0.15, 0.2) is 48.8 Å². The van der Waals surface area contributed by atoms with Crippen molar-refractivity contribution in [3.05, 3.63) is 77.5 Å². The summed E-state index contributed by atoms with van der Waals surface area (Å²) in [6, 6.07) is 9.27. The van der Waals surface area contributed by atoms with Gasteiger partial charge in [-0.1, -0.05) is 18.2 Å². The van der Waals surface area contributed by atoms with Crippen molar-refractivity contribution < 1.29 is 18.0 Å². The number of aromatic nitrogens is 2. The molecule has 1 N–H and O–H groups in total. The second-order valence-electron chi connectivity index (χ2n) is 5.77. The molecule has 1 amide bonds. The van der Waals surface area contributed by atoms with Gasteiger partial charge < -0.3 is 5.32 Å². The Hall–Kier alpha value is -3.09. The number of benzene rings is 2. The lowest BCUT2D eigenvalue weighted by Crippen LogP contribution is -2.25. The van der Waals surface area contributed by atoms with Crippen LogP contribution in [0.4, 0.5) is 19.0 Å². The summed E-state index contributed by atoms with van der Waals surface area (Å²) in [5, 5.41) is 2.66. The Morgan fingerprint density at radius 1 is 1.08 bits per heavy atom. The van der Waals surface area contributed by atoms with Gasteiger partial charge in [-0.3, -0.25) is 9.36 Å². The van der Waals surface area contributed by atoms with Crippen molar-refractivity contribution in [2.45, 2.75) is 12.3 Å². The van der Waals surface area contributed by atoms with Gasteiger partial charge in [0.25, 0.3) is 0 Å². The molecule has 0 radical (unpaired) electrons. The van der Waals surface area contributed by atoms with Gasteiger partial charge in [0.05, 0.1) is 11.4 Å². The highest BCUT2D eigenvalue weighted by Crippen LogP contribution is 2.38. The van der Waals surface area contributed by atoms with E-state index in [2.05, 4.69) is 10.3 Å². The second kappa shape index (κ2) is 5.77. The zero-order valence-electron chi connectivity index (χ0n) is 12.8. The number of fused-ring (bicyclic) bond motifs is 1. The van der Waals surface area contributed by atoms with Crippen LogP contribution >= 0.6 is 0 Å². The summed E-state index contributed by atoms with van der Waals surface area (Å²) in [6.45, 7) is 0. The summed E-state index contributed by atoms with van der Waals surface area (Å²) in [7, 11) is 0. The van der Waals surface area contributed by atoms with Crippen molar-refractivity contribution in [3.63, 3.8) is 0 Å². The van der Waals surface area contributed by atoms with Gasteiger partial charge in [0.1, 0.15) is 29.6 Å². The van der Waals surface area contributed by atoms with Gasteiger partial charge in [-0.15, -0.1) is 0 Å². The molecule has 0 unspecified atom stereocenters. The van der Waals surface area contributed by atoms with Gasteiger partial charge in [-0.25, -0.2) is 18.2 Å². The Kier molecular flexibility index (Phi) is 3.56. The van der Waals surface area contributed by atoms with Crippen LogP contribution in [0.25, 0.3) is 5.69 Å². The Morgan fingerprint density at radius 3 is 2.64 bits per heavy atom. The van der Waals surface area contributed by atoms with Crippen LogP contribution in [0.1, 0.15) is 23.6 Å². The molecule has 0 bridgehead atoms. The van der Waals surface area contributed by atoms with Crippen molar-refractivity contribution in [1.82, 2.24) is 9.55 Å². The molecule has 25 heavy (non-hydrogen) atoms. The quantitative estimate of drug-likeness (QED) is 0.770. The monoisotopic (exact) mass is 343 g/mol. The molecule has 4 nitrogen and oxygen atoms in total. The van der Waals surface area contributed by atoms with E-state index >= 15 is 0 Å². The number of hydrogen-bond donors (Lipinski definition) is 1. The number of carbonyl (C=O) groups is 1. The molecule has 1 aliphatic rings. The van der Waals surface area contributed by atoms with Crippen LogP contribution in [0.5, 0.6) is 0 Å². The van der Waals surface area contributed by atoms with E-state index in [0.29, 0.717) is 5.69 Å². The van der Waals surface area contributed by atoms with Gasteiger partial charge in [0.15, 0.2) is 0 Å². The number of nitrogens with zero attached hydrogens (tertiary/aromatic N) is 2. The first-order valence-electron chi connectivity index (χ1n) is 7.61. The van der Waals surface area contributed by atoms with Gasteiger partial charge >= 0.3 is 0 Å². The number of anilines is 1. The number of hydrogen-bond acceptors (Lipinski definition) is 2. The predicted molar refractivity (Wildman–Crippen MR) is 85.0 cm³/mol. The van der Waals surface area contributed by atoms with Gasteiger partial charge in [-0.2, -0.15) is 0 Å². The highest BCUT2D eigenvalue weighted by atomic mass is 19.1. The average Bonchev–Trinajstić information content (AvgIpc) is 2.98. The highest BCUT2D eigenvalue weighted by Gasteiger charge is 2.33. The maximum Gasteiger partial charge on any atom is 0.226 e. The molecule has 0 fully saturated rings. The number of para-hydroxylation sites is 1. The first-order valence-corrected chi connectivity index (χ1v) is 7.61. The molecule has 2 aromatic carbocycles. The van der Waals surface area contributed by atoms with Crippen molar-refractivity contribution in [2.24, 2.45) is 0 Å². The molecule has 1 atom stereocenters. The van der Waals surface area contributed by atoms with E-state index in [-0.39, 0.29) is 29.4 Å². The second-order valence-corrected chi connectivity index (χ2v) is 5.77. The summed E-state index contributed by atoms with van der Waals surface area (Å²) >= 11 is 0. The van der Waals surface area contributed by atoms with Crippen LogP contribution in [-0.2, 0) is 4.79 Å². The summed E-state index contributed by atoms with van der Waals surface area (Å²) in [5.74, 6) is -2.65. The molecule has 0 aliphatic carbocycles. The van der Waals surface area contributed by atoms with Crippen LogP contribution in [-0.4, -0.2) is 15.5 Å². The van der Waals surface area contributed by atoms with E-state index in [1.807, 2.05) is 0 Å². The fraction of sp³-hybridized carbons (Fsp3) is 0.111. The normalized spacial score (nSPS) is 16.4. The van der Waals surface area contributed by atoms with Crippen molar-refractivity contribution in [2.75, 3.05) is 5.32 Å². The lowest BCUT2D eigenvalue weighted by atomic mass is 9.89. The molecule has 2 heterocycles. The van der Waals surface area contributed by atoms with Crippen LogP contribution in [0.3, 0.4) is 0 Å². The smallest absolute Gasteiger partial charge is 0.226 e. The van der Waals surface area contributed by atoms with Crippen molar-refractivity contribution in [3.8, 4) is 5.69 Å². The van der Waals surface area contributed by atoms with Crippen LogP contribution in [0.2, 0.25) is 0 Å². The highest BCUT2D eigenvalue weighted by molar-refractivity contribution is 5.94. The van der Waals surface area contributed by atoms with Crippen molar-refractivity contribution in [1.29, 1.82) is 0 Å². The summed E-state index contributed by atoms with van der Waals surface area (Å²) in [5.41, 5.74) is 0.807. The average molecular weight is 343 g/mol. The maximum atomic E-state index is 14.2. The number of imidazole rings is 1. The molecular formula is C18H12F3N3O. The molecule has 7 heteroatoms. The third-order valence-electron chi connectivity index (χ3n) is 4.22. The summed E-state index contributed by atoms with van der Waals surface area (Å²) in [6.07, 6.45) is 1.35. The summed E-state index contributed by atoms with van der Waals surface area (Å²) < 4.78 is 42.9. The van der Waals surface area contributed by atoms with Gasteiger partial charge in [0, 0.05) is 18.4 Å². The topological polar surface area (TPSA) is 46.9 Å². The lowest BCUT2D eigenvalue weighted by Gasteiger charge is -2.23. The fourth-order valence-electron chi connectivity index (χ4n) is 3.08. The molecular weight excluding hydrogens is 331 g/mol. The molecule has 0 saturated carbocycles. The molecule has 0 spiro atoms. The minimum Gasteiger partial charge on any atom is -0.310 e. The number of amides is 1. The standard InChI is InChI=1S/C18H12F3N3O/c19-10-5-6-11(14(21)7-10)12-8-16(25)23-18-17(12)22-9-24(18)15-4-2-1-3-13(15)20/h1-7,9,12H,8H2,(H,23,25)/t12-/m1/s1. The van der Waals surface area contributed by atoms with E-state index in [4.69, 9.17) is 0 Å². The Balaban J connectivity index is 1.86.